The van der Waals surface area contributed by atoms with Crippen molar-refractivity contribution in [2.24, 2.45) is 5.41 Å². The fourth-order valence-corrected chi connectivity index (χ4v) is 3.78. The van der Waals surface area contributed by atoms with Crippen molar-refractivity contribution in [2.75, 3.05) is 39.4 Å². The van der Waals surface area contributed by atoms with Crippen molar-refractivity contribution in [1.82, 2.24) is 14.7 Å². The molecule has 33 heavy (non-hydrogen) atoms. The predicted molar refractivity (Wildman–Crippen MR) is 108 cm³/mol. The SMILES string of the molecule is O=CC1=CC(=O)N(CC(COCCC(=O)O)(CN2C(=O)C=CC2=O)CN2C(=O)C=CC2=O)C1. The quantitative estimate of drug-likeness (QED) is 0.204. The van der Waals surface area contributed by atoms with Gasteiger partial charge in [0.2, 0.25) is 5.91 Å². The molecule has 3 aliphatic heterocycles. The number of aliphatic carboxylic acids is 1. The van der Waals surface area contributed by atoms with Gasteiger partial charge in [-0.05, 0) is 0 Å². The normalized spacial score (nSPS) is 18.2. The van der Waals surface area contributed by atoms with Crippen molar-refractivity contribution in [3.05, 3.63) is 36.0 Å². The van der Waals surface area contributed by atoms with Crippen LogP contribution in [-0.4, -0.2) is 101 Å². The van der Waals surface area contributed by atoms with Gasteiger partial charge in [0, 0.05) is 67.5 Å². The Balaban J connectivity index is 1.91. The molecule has 12 heteroatoms. The van der Waals surface area contributed by atoms with E-state index in [4.69, 9.17) is 9.84 Å². The molecular weight excluding hydrogens is 438 g/mol. The smallest absolute Gasteiger partial charge is 0.305 e. The lowest BCUT2D eigenvalue weighted by atomic mass is 9.86. The molecule has 0 aromatic rings. The molecule has 0 unspecified atom stereocenters. The van der Waals surface area contributed by atoms with Crippen LogP contribution in [0, 0.1) is 5.41 Å². The average molecular weight is 459 g/mol. The van der Waals surface area contributed by atoms with Crippen LogP contribution in [0.3, 0.4) is 0 Å². The van der Waals surface area contributed by atoms with Crippen molar-refractivity contribution < 1.29 is 43.4 Å². The van der Waals surface area contributed by atoms with Crippen molar-refractivity contribution >= 4 is 41.8 Å². The zero-order chi connectivity index (χ0) is 24.2. The van der Waals surface area contributed by atoms with Crippen LogP contribution in [0.5, 0.6) is 0 Å². The first-order valence-corrected chi connectivity index (χ1v) is 9.95. The number of carboxylic acids is 1. The highest BCUT2D eigenvalue weighted by molar-refractivity contribution is 6.13. The van der Waals surface area contributed by atoms with Crippen molar-refractivity contribution in [1.29, 1.82) is 0 Å². The lowest BCUT2D eigenvalue weighted by Gasteiger charge is -2.40. The Bertz CT molecular complexity index is 930. The first-order valence-electron chi connectivity index (χ1n) is 9.95. The number of ether oxygens (including phenoxy) is 1. The number of imide groups is 2. The van der Waals surface area contributed by atoms with Crippen molar-refractivity contribution in [2.45, 2.75) is 6.42 Å². The largest absolute Gasteiger partial charge is 0.481 e. The maximum atomic E-state index is 12.4. The average Bonchev–Trinajstić information content (AvgIpc) is 3.39. The Kier molecular flexibility index (Phi) is 6.97. The van der Waals surface area contributed by atoms with Gasteiger partial charge in [-0.15, -0.1) is 0 Å². The second kappa shape index (κ2) is 9.69. The number of nitrogens with zero attached hydrogens (tertiary/aromatic N) is 3. The molecule has 0 saturated carbocycles. The molecule has 3 heterocycles. The second-order valence-corrected chi connectivity index (χ2v) is 7.92. The first kappa shape index (κ1) is 23.7. The topological polar surface area (TPSA) is 159 Å². The number of carboxylic acid groups (broad SMARTS) is 1. The van der Waals surface area contributed by atoms with Crippen molar-refractivity contribution in [3.63, 3.8) is 0 Å². The zero-order valence-electron chi connectivity index (χ0n) is 17.5. The maximum absolute atomic E-state index is 12.4. The molecule has 1 N–H and O–H groups in total. The number of carbonyl (C=O) groups is 7. The molecule has 0 saturated heterocycles. The molecular formula is C21H21N3O9. The minimum absolute atomic E-state index is 0.0422. The third-order valence-electron chi connectivity index (χ3n) is 5.33. The number of hydrogen-bond donors (Lipinski definition) is 1. The Morgan fingerprint density at radius 1 is 0.909 bits per heavy atom. The summed E-state index contributed by atoms with van der Waals surface area (Å²) in [5.74, 6) is -4.09. The molecule has 174 valence electrons. The van der Waals surface area contributed by atoms with E-state index in [2.05, 4.69) is 0 Å². The number of amides is 5. The highest BCUT2D eigenvalue weighted by atomic mass is 16.5. The molecule has 0 aromatic carbocycles. The minimum atomic E-state index is -1.35. The number of aldehydes is 1. The van der Waals surface area contributed by atoms with E-state index in [1.165, 1.54) is 4.90 Å². The molecule has 5 amide bonds. The van der Waals surface area contributed by atoms with Gasteiger partial charge < -0.3 is 14.7 Å². The van der Waals surface area contributed by atoms with Gasteiger partial charge >= 0.3 is 5.97 Å². The first-order chi connectivity index (χ1) is 15.6. The molecule has 3 rings (SSSR count). The Hall–Kier alpha value is -3.93. The second-order valence-electron chi connectivity index (χ2n) is 7.92. The monoisotopic (exact) mass is 459 g/mol. The molecule has 0 bridgehead atoms. The molecule has 0 atom stereocenters. The maximum Gasteiger partial charge on any atom is 0.305 e. The van der Waals surface area contributed by atoms with Gasteiger partial charge in [0.15, 0.2) is 0 Å². The third kappa shape index (κ3) is 5.47. The van der Waals surface area contributed by atoms with Gasteiger partial charge in [0.1, 0.15) is 6.29 Å². The predicted octanol–water partition coefficient (Wildman–Crippen LogP) is -1.72. The molecule has 0 fully saturated rings. The highest BCUT2D eigenvalue weighted by Gasteiger charge is 2.44. The lowest BCUT2D eigenvalue weighted by molar-refractivity contribution is -0.143. The molecule has 0 aliphatic carbocycles. The van der Waals surface area contributed by atoms with E-state index < -0.39 is 40.9 Å². The van der Waals surface area contributed by atoms with Crippen molar-refractivity contribution in [3.8, 4) is 0 Å². The van der Waals surface area contributed by atoms with Crippen LogP contribution < -0.4 is 0 Å². The Morgan fingerprint density at radius 2 is 1.42 bits per heavy atom. The van der Waals surface area contributed by atoms with E-state index in [1.807, 2.05) is 0 Å². The van der Waals surface area contributed by atoms with E-state index in [1.54, 1.807) is 0 Å². The van der Waals surface area contributed by atoms with Crippen LogP contribution in [-0.2, 0) is 38.3 Å². The van der Waals surface area contributed by atoms with E-state index in [0.717, 1.165) is 40.2 Å². The summed E-state index contributed by atoms with van der Waals surface area (Å²) in [5.41, 5.74) is -1.14. The summed E-state index contributed by atoms with van der Waals surface area (Å²) in [7, 11) is 0. The zero-order valence-corrected chi connectivity index (χ0v) is 17.5. The fourth-order valence-electron chi connectivity index (χ4n) is 3.78. The van der Waals surface area contributed by atoms with Gasteiger partial charge in [0.25, 0.3) is 23.6 Å². The summed E-state index contributed by atoms with van der Waals surface area (Å²) in [6, 6.07) is 0. The Morgan fingerprint density at radius 3 is 1.85 bits per heavy atom. The number of rotatable bonds is 12. The van der Waals surface area contributed by atoms with Gasteiger partial charge in [0.05, 0.1) is 19.6 Å². The number of carbonyl (C=O) groups excluding carboxylic acids is 6. The van der Waals surface area contributed by atoms with Crippen LogP contribution >= 0.6 is 0 Å². The molecule has 3 aliphatic rings. The Labute approximate surface area is 187 Å². The standard InChI is InChI=1S/C21H21N3O9/c25-9-14-7-19(30)22(8-14)10-21(13-33-6-5-20(31)32,11-23-15(26)1-2-16(23)27)12-24-17(28)3-4-18(24)29/h1-4,7,9H,5-6,8,10-13H2,(H,31,32). The van der Waals surface area contributed by atoms with E-state index in [-0.39, 0.29) is 51.4 Å². The fraction of sp³-hybridized carbons (Fsp3) is 0.381. The van der Waals surface area contributed by atoms with Gasteiger partial charge in [-0.3, -0.25) is 43.4 Å². The summed E-state index contributed by atoms with van der Waals surface area (Å²) >= 11 is 0. The molecule has 12 nitrogen and oxygen atoms in total. The van der Waals surface area contributed by atoms with E-state index >= 15 is 0 Å². The van der Waals surface area contributed by atoms with Crippen LogP contribution in [0.1, 0.15) is 6.42 Å². The van der Waals surface area contributed by atoms with Crippen LogP contribution in [0.15, 0.2) is 36.0 Å². The summed E-state index contributed by atoms with van der Waals surface area (Å²) in [6.07, 6.45) is 5.61. The summed E-state index contributed by atoms with van der Waals surface area (Å²) in [6.45, 7) is -1.36. The minimum Gasteiger partial charge on any atom is -0.481 e. The molecule has 0 radical (unpaired) electrons. The summed E-state index contributed by atoms with van der Waals surface area (Å²) < 4.78 is 5.53. The van der Waals surface area contributed by atoms with E-state index in [0.29, 0.717) is 6.29 Å². The molecule has 0 aromatic heterocycles. The highest BCUT2D eigenvalue weighted by Crippen LogP contribution is 2.28. The number of hydrogen-bond acceptors (Lipinski definition) is 8. The lowest BCUT2D eigenvalue weighted by Crippen LogP contribution is -2.56. The molecule has 0 spiro atoms. The summed E-state index contributed by atoms with van der Waals surface area (Å²) in [4.78, 5) is 86.5. The van der Waals surface area contributed by atoms with Gasteiger partial charge in [-0.1, -0.05) is 0 Å². The van der Waals surface area contributed by atoms with Crippen LogP contribution in [0.2, 0.25) is 0 Å². The van der Waals surface area contributed by atoms with Gasteiger partial charge in [-0.2, -0.15) is 0 Å². The van der Waals surface area contributed by atoms with Gasteiger partial charge in [-0.25, -0.2) is 0 Å². The van der Waals surface area contributed by atoms with E-state index in [9.17, 15) is 33.6 Å². The van der Waals surface area contributed by atoms with Crippen LogP contribution in [0.25, 0.3) is 0 Å². The third-order valence-corrected chi connectivity index (χ3v) is 5.33. The van der Waals surface area contributed by atoms with Crippen LogP contribution in [0.4, 0.5) is 0 Å². The summed E-state index contributed by atoms with van der Waals surface area (Å²) in [5, 5.41) is 8.88.